The Morgan fingerprint density at radius 2 is 2.19 bits per heavy atom. The lowest BCUT2D eigenvalue weighted by Gasteiger charge is -2.27. The van der Waals surface area contributed by atoms with Gasteiger partial charge in [0.2, 0.25) is 5.91 Å². The van der Waals surface area contributed by atoms with E-state index in [9.17, 15) is 4.79 Å². The predicted molar refractivity (Wildman–Crippen MR) is 62.6 cm³/mol. The van der Waals surface area contributed by atoms with Gasteiger partial charge in [0.15, 0.2) is 0 Å². The van der Waals surface area contributed by atoms with Gasteiger partial charge in [0, 0.05) is 12.4 Å². The Morgan fingerprint density at radius 1 is 1.56 bits per heavy atom. The highest BCUT2D eigenvalue weighted by Crippen LogP contribution is 2.18. The Kier molecular flexibility index (Phi) is 3.70. The lowest BCUT2D eigenvalue weighted by atomic mass is 9.87. The molecule has 5 heteroatoms. The summed E-state index contributed by atoms with van der Waals surface area (Å²) in [6.07, 6.45) is 3.38. The highest BCUT2D eigenvalue weighted by molar-refractivity contribution is 5.82. The third kappa shape index (κ3) is 3.06. The summed E-state index contributed by atoms with van der Waals surface area (Å²) in [7, 11) is 0. The molecular formula is C11H20N4O. The van der Waals surface area contributed by atoms with Crippen LogP contribution in [0.5, 0.6) is 0 Å². The number of hydrogen-bond donors (Lipinski definition) is 3. The summed E-state index contributed by atoms with van der Waals surface area (Å²) in [5.41, 5.74) is 5.61. The van der Waals surface area contributed by atoms with Crippen molar-refractivity contribution < 1.29 is 4.79 Å². The normalized spacial score (nSPS) is 15.6. The lowest BCUT2D eigenvalue weighted by Crippen LogP contribution is -2.49. The molecule has 0 aliphatic heterocycles. The van der Waals surface area contributed by atoms with E-state index < -0.39 is 6.04 Å². The van der Waals surface area contributed by atoms with Crippen LogP contribution >= 0.6 is 0 Å². The fraction of sp³-hybridized carbons (Fsp3) is 0.636. The number of nitrogens with one attached hydrogen (secondary N) is 2. The van der Waals surface area contributed by atoms with Crippen molar-refractivity contribution in [3.63, 3.8) is 0 Å². The molecule has 1 aromatic heterocycles. The number of carbonyl (C=O) groups excluding carboxylic acids is 1. The van der Waals surface area contributed by atoms with Crippen molar-refractivity contribution in [3.05, 3.63) is 18.2 Å². The van der Waals surface area contributed by atoms with E-state index in [0.717, 1.165) is 5.82 Å². The summed E-state index contributed by atoms with van der Waals surface area (Å²) in [6, 6.07) is -0.680. The molecule has 0 saturated heterocycles. The maximum atomic E-state index is 11.8. The molecule has 16 heavy (non-hydrogen) atoms. The number of nitrogens with zero attached hydrogens (tertiary/aromatic N) is 1. The Balaban J connectivity index is 2.59. The standard InChI is InChI=1S/C11H20N4O/c1-7(9-13-5-6-14-9)15-10(16)8(12)11(2,3)4/h5-8H,12H2,1-4H3,(H,13,14)(H,15,16)/t7?,8-/m1/s1. The number of aromatic nitrogens is 2. The molecule has 0 radical (unpaired) electrons. The molecule has 90 valence electrons. The van der Waals surface area contributed by atoms with E-state index in [-0.39, 0.29) is 17.4 Å². The fourth-order valence-corrected chi connectivity index (χ4v) is 1.28. The van der Waals surface area contributed by atoms with E-state index in [4.69, 9.17) is 5.73 Å². The van der Waals surface area contributed by atoms with Crippen molar-refractivity contribution in [2.24, 2.45) is 11.1 Å². The first kappa shape index (κ1) is 12.7. The number of H-pyrrole nitrogens is 1. The molecule has 1 unspecified atom stereocenters. The maximum Gasteiger partial charge on any atom is 0.238 e. The van der Waals surface area contributed by atoms with Gasteiger partial charge in [0.25, 0.3) is 0 Å². The molecule has 2 atom stereocenters. The number of imidazole rings is 1. The highest BCUT2D eigenvalue weighted by Gasteiger charge is 2.28. The van der Waals surface area contributed by atoms with Gasteiger partial charge in [-0.05, 0) is 12.3 Å². The monoisotopic (exact) mass is 224 g/mol. The number of amides is 1. The molecule has 0 spiro atoms. The van der Waals surface area contributed by atoms with Crippen LogP contribution in [0.2, 0.25) is 0 Å². The second-order valence-electron chi connectivity index (χ2n) is 5.05. The molecule has 1 aromatic rings. The summed E-state index contributed by atoms with van der Waals surface area (Å²) < 4.78 is 0. The van der Waals surface area contributed by atoms with Crippen molar-refractivity contribution in [1.29, 1.82) is 0 Å². The van der Waals surface area contributed by atoms with E-state index in [1.54, 1.807) is 12.4 Å². The minimum Gasteiger partial charge on any atom is -0.347 e. The summed E-state index contributed by atoms with van der Waals surface area (Å²) in [5, 5.41) is 2.83. The largest absolute Gasteiger partial charge is 0.347 e. The van der Waals surface area contributed by atoms with E-state index in [1.165, 1.54) is 0 Å². The van der Waals surface area contributed by atoms with E-state index >= 15 is 0 Å². The molecule has 4 N–H and O–H groups in total. The van der Waals surface area contributed by atoms with Crippen molar-refractivity contribution in [3.8, 4) is 0 Å². The zero-order valence-corrected chi connectivity index (χ0v) is 10.2. The first-order valence-electron chi connectivity index (χ1n) is 5.37. The minimum absolute atomic E-state index is 0.156. The van der Waals surface area contributed by atoms with E-state index in [1.807, 2.05) is 27.7 Å². The molecule has 1 rings (SSSR count). The molecule has 5 nitrogen and oxygen atoms in total. The van der Waals surface area contributed by atoms with Crippen LogP contribution in [0, 0.1) is 5.41 Å². The third-order valence-electron chi connectivity index (χ3n) is 2.50. The van der Waals surface area contributed by atoms with Crippen LogP contribution in [-0.4, -0.2) is 21.9 Å². The SMILES string of the molecule is CC(NC(=O)[C@@H](N)C(C)(C)C)c1ncc[nH]1. The summed E-state index contributed by atoms with van der Waals surface area (Å²) in [5.74, 6) is 0.575. The van der Waals surface area contributed by atoms with Crippen molar-refractivity contribution >= 4 is 5.91 Å². The van der Waals surface area contributed by atoms with Gasteiger partial charge in [-0.15, -0.1) is 0 Å². The van der Waals surface area contributed by atoms with Crippen LogP contribution in [0.1, 0.15) is 39.6 Å². The number of carbonyl (C=O) groups is 1. The number of aromatic amines is 1. The van der Waals surface area contributed by atoms with Gasteiger partial charge in [-0.3, -0.25) is 4.79 Å². The molecule has 0 aromatic carbocycles. The topological polar surface area (TPSA) is 83.8 Å². The summed E-state index contributed by atoms with van der Waals surface area (Å²) >= 11 is 0. The molecule has 0 fully saturated rings. The number of nitrogens with two attached hydrogens (primary N) is 1. The number of rotatable bonds is 3. The van der Waals surface area contributed by atoms with Crippen molar-refractivity contribution in [2.45, 2.75) is 39.8 Å². The molecule has 0 aliphatic carbocycles. The first-order valence-corrected chi connectivity index (χ1v) is 5.37. The average molecular weight is 224 g/mol. The highest BCUT2D eigenvalue weighted by atomic mass is 16.2. The van der Waals surface area contributed by atoms with Crippen LogP contribution in [0.4, 0.5) is 0 Å². The predicted octanol–water partition coefficient (Wildman–Crippen LogP) is 0.960. The Labute approximate surface area is 95.8 Å². The van der Waals surface area contributed by atoms with Crippen LogP contribution in [0.15, 0.2) is 12.4 Å². The second kappa shape index (κ2) is 4.65. The van der Waals surface area contributed by atoms with E-state index in [0.29, 0.717) is 0 Å². The van der Waals surface area contributed by atoms with Gasteiger partial charge < -0.3 is 16.0 Å². The van der Waals surface area contributed by atoms with Crippen LogP contribution in [0.25, 0.3) is 0 Å². The van der Waals surface area contributed by atoms with Gasteiger partial charge in [0.1, 0.15) is 5.82 Å². The molecule has 0 aliphatic rings. The average Bonchev–Trinajstić information content (AvgIpc) is 2.67. The Hall–Kier alpha value is -1.36. The quantitative estimate of drug-likeness (QED) is 0.715. The van der Waals surface area contributed by atoms with Crippen LogP contribution < -0.4 is 11.1 Å². The van der Waals surface area contributed by atoms with E-state index in [2.05, 4.69) is 15.3 Å². The zero-order chi connectivity index (χ0) is 12.3. The molecular weight excluding hydrogens is 204 g/mol. The second-order valence-corrected chi connectivity index (χ2v) is 5.05. The lowest BCUT2D eigenvalue weighted by molar-refractivity contribution is -0.125. The van der Waals surface area contributed by atoms with Crippen LogP contribution in [-0.2, 0) is 4.79 Å². The van der Waals surface area contributed by atoms with Crippen molar-refractivity contribution in [1.82, 2.24) is 15.3 Å². The first-order chi connectivity index (χ1) is 7.32. The van der Waals surface area contributed by atoms with Gasteiger partial charge in [-0.2, -0.15) is 0 Å². The summed E-state index contributed by atoms with van der Waals surface area (Å²) in [6.45, 7) is 7.69. The fourth-order valence-electron chi connectivity index (χ4n) is 1.28. The zero-order valence-electron chi connectivity index (χ0n) is 10.2. The molecule has 0 bridgehead atoms. The Bertz CT molecular complexity index is 339. The molecule has 0 saturated carbocycles. The summed E-state index contributed by atoms with van der Waals surface area (Å²) in [4.78, 5) is 18.9. The maximum absolute atomic E-state index is 11.8. The third-order valence-corrected chi connectivity index (χ3v) is 2.50. The Morgan fingerprint density at radius 3 is 2.62 bits per heavy atom. The number of hydrogen-bond acceptors (Lipinski definition) is 3. The van der Waals surface area contributed by atoms with Gasteiger partial charge in [0.05, 0.1) is 12.1 Å². The minimum atomic E-state index is -0.523. The van der Waals surface area contributed by atoms with Gasteiger partial charge in [-0.1, -0.05) is 20.8 Å². The molecule has 1 heterocycles. The smallest absolute Gasteiger partial charge is 0.238 e. The van der Waals surface area contributed by atoms with Crippen molar-refractivity contribution in [2.75, 3.05) is 0 Å². The molecule has 1 amide bonds. The van der Waals surface area contributed by atoms with Gasteiger partial charge >= 0.3 is 0 Å². The van der Waals surface area contributed by atoms with Crippen LogP contribution in [0.3, 0.4) is 0 Å². The van der Waals surface area contributed by atoms with Gasteiger partial charge in [-0.25, -0.2) is 4.98 Å².